The van der Waals surface area contributed by atoms with E-state index in [9.17, 15) is 4.79 Å². The second-order valence-electron chi connectivity index (χ2n) is 9.27. The molecule has 0 aliphatic carbocycles. The van der Waals surface area contributed by atoms with E-state index in [0.717, 1.165) is 44.8 Å². The van der Waals surface area contributed by atoms with Gasteiger partial charge in [0.1, 0.15) is 0 Å². The third-order valence-electron chi connectivity index (χ3n) is 6.94. The lowest BCUT2D eigenvalue weighted by atomic mass is 9.90. The lowest BCUT2D eigenvalue weighted by Gasteiger charge is -2.36. The van der Waals surface area contributed by atoms with Gasteiger partial charge in [0.05, 0.1) is 0 Å². The number of carbonyl (C=O) groups is 1. The molecule has 186 valence electrons. The van der Waals surface area contributed by atoms with Crippen LogP contribution >= 0.6 is 11.3 Å². The van der Waals surface area contributed by atoms with Crippen LogP contribution in [0.2, 0.25) is 0 Å². The summed E-state index contributed by atoms with van der Waals surface area (Å²) >= 11 is 1.79. The number of thiophene rings is 1. The van der Waals surface area contributed by atoms with Crippen molar-refractivity contribution in [3.63, 3.8) is 0 Å². The number of anilines is 1. The Bertz CT molecular complexity index is 1240. The van der Waals surface area contributed by atoms with E-state index in [2.05, 4.69) is 85.5 Å². The van der Waals surface area contributed by atoms with Crippen LogP contribution in [-0.2, 0) is 4.79 Å². The van der Waals surface area contributed by atoms with E-state index in [0.29, 0.717) is 19.0 Å². The molecule has 2 atom stereocenters. The molecule has 5 rings (SSSR count). The van der Waals surface area contributed by atoms with Gasteiger partial charge in [-0.1, -0.05) is 48.5 Å². The minimum Gasteiger partial charge on any atom is -0.356 e. The third kappa shape index (κ3) is 5.91. The van der Waals surface area contributed by atoms with Crippen LogP contribution in [0.25, 0.3) is 10.8 Å². The van der Waals surface area contributed by atoms with Gasteiger partial charge in [0.2, 0.25) is 11.9 Å². The van der Waals surface area contributed by atoms with Crippen molar-refractivity contribution in [1.82, 2.24) is 20.6 Å². The van der Waals surface area contributed by atoms with Gasteiger partial charge in [0.25, 0.3) is 0 Å². The highest BCUT2D eigenvalue weighted by molar-refractivity contribution is 7.10. The second-order valence-corrected chi connectivity index (χ2v) is 10.2. The van der Waals surface area contributed by atoms with Crippen molar-refractivity contribution in [2.45, 2.75) is 37.6 Å². The average Bonchev–Trinajstić information content (AvgIpc) is 3.46. The lowest BCUT2D eigenvalue weighted by Crippen LogP contribution is -2.52. The van der Waals surface area contributed by atoms with Gasteiger partial charge in [-0.15, -0.1) is 11.3 Å². The second kappa shape index (κ2) is 12.1. The number of benzene rings is 2. The molecule has 0 saturated carbocycles. The maximum Gasteiger partial charge on any atom is 0.225 e. The molecular formula is C29H33N5OS. The molecule has 1 amide bonds. The van der Waals surface area contributed by atoms with E-state index in [1.165, 1.54) is 21.2 Å². The summed E-state index contributed by atoms with van der Waals surface area (Å²) in [5, 5.41) is 11.3. The van der Waals surface area contributed by atoms with E-state index in [-0.39, 0.29) is 11.8 Å². The third-order valence-corrected chi connectivity index (χ3v) is 7.93. The molecule has 4 aromatic rings. The number of piperazine rings is 1. The van der Waals surface area contributed by atoms with Crippen molar-refractivity contribution >= 4 is 34.0 Å². The Kier molecular flexibility index (Phi) is 8.20. The number of hydrogen-bond donors (Lipinski definition) is 2. The topological polar surface area (TPSA) is 70.2 Å². The van der Waals surface area contributed by atoms with Crippen molar-refractivity contribution in [1.29, 1.82) is 0 Å². The Morgan fingerprint density at radius 1 is 1.08 bits per heavy atom. The molecule has 6 nitrogen and oxygen atoms in total. The van der Waals surface area contributed by atoms with Crippen molar-refractivity contribution in [3.8, 4) is 0 Å². The fourth-order valence-electron chi connectivity index (χ4n) is 5.16. The fourth-order valence-corrected chi connectivity index (χ4v) is 6.04. The first-order chi connectivity index (χ1) is 17.8. The van der Waals surface area contributed by atoms with Crippen LogP contribution in [0.4, 0.5) is 5.95 Å². The summed E-state index contributed by atoms with van der Waals surface area (Å²) in [7, 11) is 0. The fraction of sp³-hybridized carbons (Fsp3) is 0.345. The van der Waals surface area contributed by atoms with Gasteiger partial charge < -0.3 is 15.5 Å². The molecule has 1 fully saturated rings. The first-order valence-corrected chi connectivity index (χ1v) is 13.7. The number of aromatic nitrogens is 2. The zero-order valence-corrected chi connectivity index (χ0v) is 21.3. The highest BCUT2D eigenvalue weighted by Gasteiger charge is 2.24. The Hall–Kier alpha value is -3.29. The van der Waals surface area contributed by atoms with Gasteiger partial charge in [-0.3, -0.25) is 4.79 Å². The van der Waals surface area contributed by atoms with Crippen LogP contribution in [0.3, 0.4) is 0 Å². The molecule has 2 aromatic heterocycles. The number of nitrogens with zero attached hydrogens (tertiary/aromatic N) is 3. The van der Waals surface area contributed by atoms with E-state index in [1.54, 1.807) is 23.7 Å². The Morgan fingerprint density at radius 3 is 2.81 bits per heavy atom. The van der Waals surface area contributed by atoms with Gasteiger partial charge in [-0.05, 0) is 53.1 Å². The number of amides is 1. The predicted octanol–water partition coefficient (Wildman–Crippen LogP) is 4.98. The number of rotatable bonds is 10. The predicted molar refractivity (Wildman–Crippen MR) is 148 cm³/mol. The SMILES string of the molecule is O=C(CCCC1CNCCN1c1ncccn1)NCCC(c1cccs1)c1cccc2ccccc12. The van der Waals surface area contributed by atoms with Gasteiger partial charge in [-0.2, -0.15) is 0 Å². The first kappa shape index (κ1) is 24.4. The zero-order chi connectivity index (χ0) is 24.6. The molecule has 1 saturated heterocycles. The Morgan fingerprint density at radius 2 is 1.94 bits per heavy atom. The summed E-state index contributed by atoms with van der Waals surface area (Å²) in [5.74, 6) is 1.18. The van der Waals surface area contributed by atoms with E-state index >= 15 is 0 Å². The number of carbonyl (C=O) groups excluding carboxylic acids is 1. The van der Waals surface area contributed by atoms with Gasteiger partial charge >= 0.3 is 0 Å². The molecule has 0 bridgehead atoms. The normalized spacial score (nSPS) is 16.7. The van der Waals surface area contributed by atoms with Crippen LogP contribution < -0.4 is 15.5 Å². The molecule has 2 unspecified atom stereocenters. The van der Waals surface area contributed by atoms with Gasteiger partial charge in [-0.25, -0.2) is 9.97 Å². The summed E-state index contributed by atoms with van der Waals surface area (Å²) in [5.41, 5.74) is 1.33. The summed E-state index contributed by atoms with van der Waals surface area (Å²) in [6.07, 6.45) is 6.78. The van der Waals surface area contributed by atoms with Crippen molar-refractivity contribution in [2.75, 3.05) is 31.1 Å². The standard InChI is InChI=1S/C29H33N5OS/c35-28(13-4-9-23-21-30-18-19-34(23)29-32-15-6-16-33-29)31-17-14-26(27-12-5-20-36-27)25-11-3-8-22-7-1-2-10-24(22)25/h1-3,5-8,10-12,15-16,20,23,26,30H,4,9,13-14,17-19,21H2,(H,31,35). The van der Waals surface area contributed by atoms with Crippen LogP contribution in [0.5, 0.6) is 0 Å². The molecule has 36 heavy (non-hydrogen) atoms. The smallest absolute Gasteiger partial charge is 0.225 e. The highest BCUT2D eigenvalue weighted by atomic mass is 32.1. The lowest BCUT2D eigenvalue weighted by molar-refractivity contribution is -0.121. The van der Waals surface area contributed by atoms with Crippen molar-refractivity contribution in [2.24, 2.45) is 0 Å². The minimum absolute atomic E-state index is 0.129. The summed E-state index contributed by atoms with van der Waals surface area (Å²) < 4.78 is 0. The monoisotopic (exact) mass is 499 g/mol. The Balaban J connectivity index is 1.15. The summed E-state index contributed by atoms with van der Waals surface area (Å²) in [4.78, 5) is 25.2. The summed E-state index contributed by atoms with van der Waals surface area (Å²) in [6.45, 7) is 3.38. The first-order valence-electron chi connectivity index (χ1n) is 12.8. The number of hydrogen-bond acceptors (Lipinski definition) is 6. The molecule has 2 N–H and O–H groups in total. The van der Waals surface area contributed by atoms with Crippen LogP contribution in [-0.4, -0.2) is 48.1 Å². The molecule has 7 heteroatoms. The Labute approximate surface area is 216 Å². The van der Waals surface area contributed by atoms with Crippen LogP contribution in [0.15, 0.2) is 78.4 Å². The number of fused-ring (bicyclic) bond motifs is 1. The molecule has 3 heterocycles. The van der Waals surface area contributed by atoms with Crippen molar-refractivity contribution < 1.29 is 4.79 Å². The maximum absolute atomic E-state index is 12.7. The molecule has 1 aliphatic rings. The minimum atomic E-state index is 0.129. The zero-order valence-electron chi connectivity index (χ0n) is 20.5. The average molecular weight is 500 g/mol. The van der Waals surface area contributed by atoms with Gasteiger partial charge in [0, 0.05) is 61.8 Å². The van der Waals surface area contributed by atoms with Crippen LogP contribution in [0.1, 0.15) is 42.0 Å². The van der Waals surface area contributed by atoms with E-state index in [1.807, 2.05) is 6.07 Å². The van der Waals surface area contributed by atoms with Gasteiger partial charge in [0.15, 0.2) is 0 Å². The van der Waals surface area contributed by atoms with E-state index < -0.39 is 0 Å². The molecule has 0 spiro atoms. The van der Waals surface area contributed by atoms with Crippen LogP contribution in [0, 0.1) is 0 Å². The molecule has 2 aromatic carbocycles. The molecular weight excluding hydrogens is 466 g/mol. The molecule has 1 aliphatic heterocycles. The molecule has 0 radical (unpaired) electrons. The highest BCUT2D eigenvalue weighted by Crippen LogP contribution is 2.35. The number of nitrogens with one attached hydrogen (secondary N) is 2. The van der Waals surface area contributed by atoms with E-state index in [4.69, 9.17) is 0 Å². The largest absolute Gasteiger partial charge is 0.356 e. The summed E-state index contributed by atoms with van der Waals surface area (Å²) in [6, 6.07) is 21.6. The quantitative estimate of drug-likeness (QED) is 0.322. The van der Waals surface area contributed by atoms with Crippen molar-refractivity contribution in [3.05, 3.63) is 88.9 Å². The maximum atomic E-state index is 12.7.